The molecule has 2 aromatic rings. The van der Waals surface area contributed by atoms with E-state index in [4.69, 9.17) is 38.4 Å². The summed E-state index contributed by atoms with van der Waals surface area (Å²) in [5.74, 6) is -1.99. The number of rotatable bonds is 5. The first-order chi connectivity index (χ1) is 10.4. The van der Waals surface area contributed by atoms with Gasteiger partial charge in [0, 0.05) is 4.88 Å². The topological polar surface area (TPSA) is 74.4 Å². The fourth-order valence-corrected chi connectivity index (χ4v) is 2.44. The average Bonchev–Trinajstić information content (AvgIpc) is 3.01. The first-order valence-electron chi connectivity index (χ1n) is 6.05. The van der Waals surface area contributed by atoms with Gasteiger partial charge in [-0.3, -0.25) is 0 Å². The zero-order valence-electron chi connectivity index (χ0n) is 11.3. The Morgan fingerprint density at radius 1 is 1.50 bits per heavy atom. The first kappa shape index (κ1) is 16.8. The summed E-state index contributed by atoms with van der Waals surface area (Å²) in [6, 6.07) is 3.67. The molecule has 2 aromatic heterocycles. The van der Waals surface area contributed by atoms with E-state index >= 15 is 0 Å². The molecule has 0 spiro atoms. The normalized spacial score (nSPS) is 12.0. The van der Waals surface area contributed by atoms with Crippen molar-refractivity contribution < 1.29 is 18.7 Å². The number of halogens is 3. The van der Waals surface area contributed by atoms with Crippen LogP contribution in [0.25, 0.3) is 0 Å². The lowest BCUT2D eigenvalue weighted by Crippen LogP contribution is -2.26. The molecule has 0 amide bonds. The molecule has 118 valence electrons. The second kappa shape index (κ2) is 7.13. The molecule has 5 nitrogen and oxygen atoms in total. The van der Waals surface area contributed by atoms with Crippen LogP contribution in [-0.2, 0) is 16.1 Å². The SMILES string of the molecule is C[C@@H](Oc1nc(F)c(Cl)c(N)c1Cl)C(=O)OCc1cccs1. The van der Waals surface area contributed by atoms with E-state index in [0.717, 1.165) is 4.88 Å². The van der Waals surface area contributed by atoms with E-state index in [9.17, 15) is 9.18 Å². The van der Waals surface area contributed by atoms with E-state index in [-0.39, 0.29) is 23.2 Å². The Balaban J connectivity index is 2.02. The predicted octanol–water partition coefficient (Wildman–Crippen LogP) is 3.68. The number of hydrogen-bond donors (Lipinski definition) is 1. The summed E-state index contributed by atoms with van der Waals surface area (Å²) < 4.78 is 23.7. The number of aromatic nitrogens is 1. The van der Waals surface area contributed by atoms with Crippen LogP contribution in [0.3, 0.4) is 0 Å². The number of carbonyl (C=O) groups excluding carboxylic acids is 1. The third kappa shape index (κ3) is 3.79. The summed E-state index contributed by atoms with van der Waals surface area (Å²) >= 11 is 12.9. The monoisotopic (exact) mass is 364 g/mol. The highest BCUT2D eigenvalue weighted by atomic mass is 35.5. The minimum Gasteiger partial charge on any atom is -0.461 e. The molecule has 0 aliphatic heterocycles. The molecule has 0 bridgehead atoms. The lowest BCUT2D eigenvalue weighted by molar-refractivity contribution is -0.152. The zero-order valence-corrected chi connectivity index (χ0v) is 13.6. The molecule has 0 aromatic carbocycles. The van der Waals surface area contributed by atoms with Crippen LogP contribution in [0.1, 0.15) is 11.8 Å². The van der Waals surface area contributed by atoms with Crippen LogP contribution in [0.15, 0.2) is 17.5 Å². The second-order valence-electron chi connectivity index (χ2n) is 4.20. The molecule has 9 heteroatoms. The summed E-state index contributed by atoms with van der Waals surface area (Å²) in [7, 11) is 0. The van der Waals surface area contributed by atoms with Gasteiger partial charge in [-0.25, -0.2) is 4.79 Å². The quantitative estimate of drug-likeness (QED) is 0.646. The molecular weight excluding hydrogens is 354 g/mol. The number of hydrogen-bond acceptors (Lipinski definition) is 6. The predicted molar refractivity (Wildman–Crippen MR) is 82.8 cm³/mol. The van der Waals surface area contributed by atoms with Gasteiger partial charge in [-0.15, -0.1) is 11.3 Å². The molecule has 0 aliphatic rings. The maximum absolute atomic E-state index is 13.4. The van der Waals surface area contributed by atoms with Gasteiger partial charge < -0.3 is 15.2 Å². The van der Waals surface area contributed by atoms with Crippen LogP contribution in [0, 0.1) is 5.95 Å². The number of esters is 1. The molecule has 2 heterocycles. The van der Waals surface area contributed by atoms with Crippen LogP contribution in [0.5, 0.6) is 5.88 Å². The Bertz CT molecular complexity index is 682. The standard InChI is InChI=1S/C13H11Cl2FN2O3S/c1-6(13(19)20-5-7-3-2-4-22-7)21-12-9(15)10(17)8(14)11(16)18-12/h2-4,6H,5H2,1H3,(H2,17,18)/t6-/m1/s1. The molecular formula is C13H11Cl2FN2O3S. The van der Waals surface area contributed by atoms with Crippen molar-refractivity contribution in [1.82, 2.24) is 4.98 Å². The number of nitrogens with two attached hydrogens (primary N) is 1. The fourth-order valence-electron chi connectivity index (χ4n) is 1.46. The van der Waals surface area contributed by atoms with E-state index in [1.165, 1.54) is 18.3 Å². The van der Waals surface area contributed by atoms with E-state index in [1.807, 2.05) is 17.5 Å². The molecule has 2 rings (SSSR count). The fraction of sp³-hybridized carbons (Fsp3) is 0.231. The number of ether oxygens (including phenoxy) is 2. The van der Waals surface area contributed by atoms with Crippen LogP contribution in [-0.4, -0.2) is 17.1 Å². The molecule has 0 radical (unpaired) electrons. The van der Waals surface area contributed by atoms with Gasteiger partial charge in [0.05, 0.1) is 5.69 Å². The maximum atomic E-state index is 13.4. The van der Waals surface area contributed by atoms with Crippen molar-refractivity contribution in [3.8, 4) is 5.88 Å². The highest BCUT2D eigenvalue weighted by Gasteiger charge is 2.22. The van der Waals surface area contributed by atoms with Crippen molar-refractivity contribution in [2.75, 3.05) is 5.73 Å². The van der Waals surface area contributed by atoms with Gasteiger partial charge in [0.1, 0.15) is 16.7 Å². The second-order valence-corrected chi connectivity index (χ2v) is 5.98. The molecule has 0 unspecified atom stereocenters. The minimum atomic E-state index is -1.04. The summed E-state index contributed by atoms with van der Waals surface area (Å²) in [6.45, 7) is 1.56. The number of nitrogens with zero attached hydrogens (tertiary/aromatic N) is 1. The van der Waals surface area contributed by atoms with Gasteiger partial charge in [0.25, 0.3) is 0 Å². The Labute approximate surface area is 139 Å². The minimum absolute atomic E-state index is 0.127. The highest BCUT2D eigenvalue weighted by Crippen LogP contribution is 2.35. The van der Waals surface area contributed by atoms with E-state index in [2.05, 4.69) is 4.98 Å². The van der Waals surface area contributed by atoms with E-state index in [1.54, 1.807) is 0 Å². The molecule has 0 aliphatic carbocycles. The molecule has 2 N–H and O–H groups in total. The van der Waals surface area contributed by atoms with Crippen LogP contribution in [0.4, 0.5) is 10.1 Å². The maximum Gasteiger partial charge on any atom is 0.347 e. The largest absolute Gasteiger partial charge is 0.461 e. The van der Waals surface area contributed by atoms with E-state index < -0.39 is 23.0 Å². The molecule has 0 saturated heterocycles. The zero-order chi connectivity index (χ0) is 16.3. The van der Waals surface area contributed by atoms with Crippen LogP contribution < -0.4 is 10.5 Å². The van der Waals surface area contributed by atoms with Crippen molar-refractivity contribution in [2.45, 2.75) is 19.6 Å². The Morgan fingerprint density at radius 2 is 2.23 bits per heavy atom. The van der Waals surface area contributed by atoms with Crippen molar-refractivity contribution in [3.05, 3.63) is 38.4 Å². The number of nitrogen functional groups attached to an aromatic ring is 1. The molecule has 0 fully saturated rings. The van der Waals surface area contributed by atoms with Gasteiger partial charge in [0.2, 0.25) is 11.8 Å². The van der Waals surface area contributed by atoms with Gasteiger partial charge in [-0.2, -0.15) is 9.37 Å². The summed E-state index contributed by atoms with van der Waals surface area (Å²) in [6.07, 6.45) is -1.04. The van der Waals surface area contributed by atoms with Gasteiger partial charge >= 0.3 is 5.97 Å². The van der Waals surface area contributed by atoms with Crippen LogP contribution in [0.2, 0.25) is 10.0 Å². The Kier molecular flexibility index (Phi) is 5.44. The first-order valence-corrected chi connectivity index (χ1v) is 7.69. The Hall–Kier alpha value is -1.57. The van der Waals surface area contributed by atoms with Gasteiger partial charge in [0.15, 0.2) is 6.10 Å². The van der Waals surface area contributed by atoms with Crippen molar-refractivity contribution >= 4 is 46.2 Å². The molecule has 1 atom stereocenters. The summed E-state index contributed by atoms with van der Waals surface area (Å²) in [4.78, 5) is 16.1. The average molecular weight is 365 g/mol. The van der Waals surface area contributed by atoms with Gasteiger partial charge in [-0.1, -0.05) is 29.3 Å². The smallest absolute Gasteiger partial charge is 0.347 e. The van der Waals surface area contributed by atoms with Gasteiger partial charge in [-0.05, 0) is 18.4 Å². The van der Waals surface area contributed by atoms with Crippen molar-refractivity contribution in [3.63, 3.8) is 0 Å². The summed E-state index contributed by atoms with van der Waals surface area (Å²) in [5, 5.41) is 1.31. The third-order valence-electron chi connectivity index (χ3n) is 2.60. The van der Waals surface area contributed by atoms with E-state index in [0.29, 0.717) is 0 Å². The molecule has 22 heavy (non-hydrogen) atoms. The Morgan fingerprint density at radius 3 is 2.86 bits per heavy atom. The number of thiophene rings is 1. The summed E-state index contributed by atoms with van der Waals surface area (Å²) in [5.41, 5.74) is 5.32. The highest BCUT2D eigenvalue weighted by molar-refractivity contribution is 7.09. The molecule has 0 saturated carbocycles. The lowest BCUT2D eigenvalue weighted by atomic mass is 10.4. The number of pyridine rings is 1. The number of anilines is 1. The lowest BCUT2D eigenvalue weighted by Gasteiger charge is -2.15. The van der Waals surface area contributed by atoms with Crippen molar-refractivity contribution in [2.24, 2.45) is 0 Å². The third-order valence-corrected chi connectivity index (χ3v) is 4.17. The van der Waals surface area contributed by atoms with Crippen molar-refractivity contribution in [1.29, 1.82) is 0 Å². The number of carbonyl (C=O) groups is 1. The van der Waals surface area contributed by atoms with Crippen LogP contribution >= 0.6 is 34.5 Å².